The van der Waals surface area contributed by atoms with E-state index in [1.165, 1.54) is 0 Å². The highest BCUT2D eigenvalue weighted by Crippen LogP contribution is 2.16. The molecular formula is C10H13ClN2O2. The fourth-order valence-corrected chi connectivity index (χ4v) is 1.94. The summed E-state index contributed by atoms with van der Waals surface area (Å²) < 4.78 is 6.90. The highest BCUT2D eigenvalue weighted by Gasteiger charge is 2.15. The monoisotopic (exact) mass is 228 g/mol. The van der Waals surface area contributed by atoms with Gasteiger partial charge in [0, 0.05) is 32.2 Å². The molecular weight excluding hydrogens is 216 g/mol. The van der Waals surface area contributed by atoms with Crippen LogP contribution in [0.2, 0.25) is 5.15 Å². The normalized spacial score (nSPS) is 17.9. The molecule has 0 unspecified atom stereocenters. The van der Waals surface area contributed by atoms with Gasteiger partial charge in [0.2, 0.25) is 0 Å². The second-order valence-electron chi connectivity index (χ2n) is 3.73. The average molecular weight is 229 g/mol. The first-order chi connectivity index (χ1) is 7.27. The third kappa shape index (κ3) is 2.58. The number of rotatable bonds is 2. The van der Waals surface area contributed by atoms with Crippen LogP contribution in [-0.2, 0) is 11.3 Å². The molecule has 2 heterocycles. The van der Waals surface area contributed by atoms with Crippen LogP contribution < -0.4 is 5.56 Å². The maximum Gasteiger partial charge on any atom is 0.288 e. The lowest BCUT2D eigenvalue weighted by Gasteiger charge is -2.22. The van der Waals surface area contributed by atoms with Crippen LogP contribution in [0.5, 0.6) is 0 Å². The Balaban J connectivity index is 2.09. The largest absolute Gasteiger partial charge is 0.381 e. The van der Waals surface area contributed by atoms with E-state index in [2.05, 4.69) is 4.98 Å². The van der Waals surface area contributed by atoms with E-state index in [4.69, 9.17) is 16.3 Å². The van der Waals surface area contributed by atoms with Gasteiger partial charge >= 0.3 is 0 Å². The van der Waals surface area contributed by atoms with Crippen LogP contribution in [0, 0.1) is 5.92 Å². The third-order valence-corrected chi connectivity index (χ3v) is 2.93. The summed E-state index contributed by atoms with van der Waals surface area (Å²) in [6.07, 6.45) is 5.26. The smallest absolute Gasteiger partial charge is 0.288 e. The Bertz CT molecular complexity index is 385. The number of aromatic nitrogens is 2. The summed E-state index contributed by atoms with van der Waals surface area (Å²) in [5, 5.41) is 0.0459. The number of hydrogen-bond acceptors (Lipinski definition) is 3. The van der Waals surface area contributed by atoms with Crippen molar-refractivity contribution >= 4 is 11.6 Å². The molecule has 5 heteroatoms. The topological polar surface area (TPSA) is 44.1 Å². The first-order valence-corrected chi connectivity index (χ1v) is 5.44. The minimum atomic E-state index is -0.203. The van der Waals surface area contributed by atoms with Crippen molar-refractivity contribution in [3.63, 3.8) is 0 Å². The van der Waals surface area contributed by atoms with Gasteiger partial charge in [-0.25, -0.2) is 4.98 Å². The lowest BCUT2D eigenvalue weighted by Crippen LogP contribution is -2.27. The maximum atomic E-state index is 11.6. The van der Waals surface area contributed by atoms with Crippen LogP contribution in [0.3, 0.4) is 0 Å². The van der Waals surface area contributed by atoms with Gasteiger partial charge in [0.15, 0.2) is 5.15 Å². The van der Waals surface area contributed by atoms with Crippen LogP contribution in [0.15, 0.2) is 17.2 Å². The standard InChI is InChI=1S/C10H13ClN2O2/c11-9-10(14)13(4-3-12-9)7-8-1-5-15-6-2-8/h3-4,8H,1-2,5-7H2. The zero-order valence-corrected chi connectivity index (χ0v) is 9.11. The molecule has 0 radical (unpaired) electrons. The van der Waals surface area contributed by atoms with Crippen LogP contribution >= 0.6 is 11.6 Å². The lowest BCUT2D eigenvalue weighted by molar-refractivity contribution is 0.0609. The van der Waals surface area contributed by atoms with Gasteiger partial charge < -0.3 is 9.30 Å². The summed E-state index contributed by atoms with van der Waals surface area (Å²) in [6, 6.07) is 0. The second-order valence-corrected chi connectivity index (χ2v) is 4.09. The Morgan fingerprint density at radius 1 is 1.53 bits per heavy atom. The lowest BCUT2D eigenvalue weighted by atomic mass is 10.0. The molecule has 0 aromatic carbocycles. The fraction of sp³-hybridized carbons (Fsp3) is 0.600. The molecule has 82 valence electrons. The van der Waals surface area contributed by atoms with Crippen molar-refractivity contribution in [2.45, 2.75) is 19.4 Å². The van der Waals surface area contributed by atoms with E-state index in [-0.39, 0.29) is 10.7 Å². The van der Waals surface area contributed by atoms with Gasteiger partial charge in [-0.2, -0.15) is 0 Å². The summed E-state index contributed by atoms with van der Waals surface area (Å²) >= 11 is 5.66. The van der Waals surface area contributed by atoms with Gasteiger partial charge in [-0.05, 0) is 18.8 Å². The summed E-state index contributed by atoms with van der Waals surface area (Å²) in [7, 11) is 0. The molecule has 4 nitrogen and oxygen atoms in total. The molecule has 0 saturated carbocycles. The van der Waals surface area contributed by atoms with Crippen LogP contribution in [0.25, 0.3) is 0 Å². The quantitative estimate of drug-likeness (QED) is 0.767. The Hall–Kier alpha value is -0.870. The van der Waals surface area contributed by atoms with Crippen molar-refractivity contribution < 1.29 is 4.74 Å². The van der Waals surface area contributed by atoms with Crippen molar-refractivity contribution in [1.82, 2.24) is 9.55 Å². The summed E-state index contributed by atoms with van der Waals surface area (Å²) in [4.78, 5) is 15.3. The predicted molar refractivity (Wildman–Crippen MR) is 57.1 cm³/mol. The highest BCUT2D eigenvalue weighted by molar-refractivity contribution is 6.29. The van der Waals surface area contributed by atoms with E-state index in [1.54, 1.807) is 17.0 Å². The number of hydrogen-bond donors (Lipinski definition) is 0. The molecule has 1 saturated heterocycles. The molecule has 1 fully saturated rings. The summed E-state index contributed by atoms with van der Waals surface area (Å²) in [6.45, 7) is 2.29. The van der Waals surface area contributed by atoms with Crippen LogP contribution in [0.1, 0.15) is 12.8 Å². The molecule has 2 rings (SSSR count). The van der Waals surface area contributed by atoms with Crippen molar-refractivity contribution in [3.05, 3.63) is 27.9 Å². The van der Waals surface area contributed by atoms with Crippen molar-refractivity contribution in [1.29, 1.82) is 0 Å². The van der Waals surface area contributed by atoms with Crippen LogP contribution in [0.4, 0.5) is 0 Å². The maximum absolute atomic E-state index is 11.6. The Morgan fingerprint density at radius 3 is 3.00 bits per heavy atom. The summed E-state index contributed by atoms with van der Waals surface area (Å²) in [5.74, 6) is 0.509. The number of nitrogens with zero attached hydrogens (tertiary/aromatic N) is 2. The van der Waals surface area contributed by atoms with E-state index in [9.17, 15) is 4.79 Å². The Kier molecular flexibility index (Phi) is 3.38. The molecule has 0 bridgehead atoms. The molecule has 0 spiro atoms. The molecule has 1 aromatic rings. The van der Waals surface area contributed by atoms with Crippen LogP contribution in [-0.4, -0.2) is 22.8 Å². The molecule has 1 aliphatic rings. The number of halogens is 1. The molecule has 0 aliphatic carbocycles. The van der Waals surface area contributed by atoms with Gasteiger partial charge in [0.1, 0.15) is 0 Å². The van der Waals surface area contributed by atoms with Gasteiger partial charge in [-0.3, -0.25) is 4.79 Å². The highest BCUT2D eigenvalue weighted by atomic mass is 35.5. The van der Waals surface area contributed by atoms with E-state index in [1.807, 2.05) is 0 Å². The van der Waals surface area contributed by atoms with E-state index >= 15 is 0 Å². The van der Waals surface area contributed by atoms with Crippen molar-refractivity contribution in [2.75, 3.05) is 13.2 Å². The second kappa shape index (κ2) is 4.77. The zero-order chi connectivity index (χ0) is 10.7. The molecule has 1 aromatic heterocycles. The van der Waals surface area contributed by atoms with Gasteiger partial charge in [0.05, 0.1) is 0 Å². The van der Waals surface area contributed by atoms with Gasteiger partial charge in [0.25, 0.3) is 5.56 Å². The molecule has 0 atom stereocenters. The zero-order valence-electron chi connectivity index (χ0n) is 8.36. The molecule has 0 amide bonds. The number of ether oxygens (including phenoxy) is 1. The van der Waals surface area contributed by atoms with Gasteiger partial charge in [-0.15, -0.1) is 0 Å². The first kappa shape index (κ1) is 10.6. The molecule has 1 aliphatic heterocycles. The van der Waals surface area contributed by atoms with Gasteiger partial charge in [-0.1, -0.05) is 11.6 Å². The van der Waals surface area contributed by atoms with E-state index < -0.39 is 0 Å². The predicted octanol–water partition coefficient (Wildman–Crippen LogP) is 1.32. The Morgan fingerprint density at radius 2 is 2.27 bits per heavy atom. The van der Waals surface area contributed by atoms with E-state index in [0.29, 0.717) is 12.5 Å². The van der Waals surface area contributed by atoms with E-state index in [0.717, 1.165) is 26.1 Å². The SMILES string of the molecule is O=c1c(Cl)nccn1CC1CCOCC1. The molecule has 15 heavy (non-hydrogen) atoms. The fourth-order valence-electron chi connectivity index (χ4n) is 1.77. The van der Waals surface area contributed by atoms with Crippen molar-refractivity contribution in [3.8, 4) is 0 Å². The average Bonchev–Trinajstić information content (AvgIpc) is 2.26. The van der Waals surface area contributed by atoms with Crippen molar-refractivity contribution in [2.24, 2.45) is 5.92 Å². The minimum absolute atomic E-state index is 0.0459. The molecule has 0 N–H and O–H groups in total. The first-order valence-electron chi connectivity index (χ1n) is 5.06. The minimum Gasteiger partial charge on any atom is -0.381 e. The third-order valence-electron chi connectivity index (χ3n) is 2.67. The Labute approximate surface area is 92.8 Å². The summed E-state index contributed by atoms with van der Waals surface area (Å²) in [5.41, 5.74) is -0.203.